The normalized spacial score (nSPS) is 18.5. The summed E-state index contributed by atoms with van der Waals surface area (Å²) in [6.07, 6.45) is 0. The van der Waals surface area contributed by atoms with Crippen molar-refractivity contribution < 1.29 is 9.59 Å². The van der Waals surface area contributed by atoms with Crippen LogP contribution in [0.5, 0.6) is 0 Å². The maximum atomic E-state index is 12.0. The molecule has 1 heterocycles. The molecule has 1 aliphatic rings. The Morgan fingerprint density at radius 2 is 1.94 bits per heavy atom. The lowest BCUT2D eigenvalue weighted by Gasteiger charge is -2.33. The number of nitrogens with one attached hydrogen (secondary N) is 2. The van der Waals surface area contributed by atoms with Gasteiger partial charge in [-0.25, -0.2) is 0 Å². The van der Waals surface area contributed by atoms with Gasteiger partial charge in [-0.1, -0.05) is 30.3 Å². The molecule has 96 valence electrons. The number of nitrogens with two attached hydrogens (primary N) is 1. The Balaban J connectivity index is 2.21. The maximum Gasteiger partial charge on any atom is 0.247 e. The zero-order valence-corrected chi connectivity index (χ0v) is 10.3. The van der Waals surface area contributed by atoms with Crippen molar-refractivity contribution in [3.63, 3.8) is 0 Å². The van der Waals surface area contributed by atoms with Gasteiger partial charge in [0, 0.05) is 13.1 Å². The van der Waals surface area contributed by atoms with Crippen LogP contribution in [0.1, 0.15) is 12.5 Å². The van der Waals surface area contributed by atoms with Crippen LogP contribution in [0.3, 0.4) is 0 Å². The number of hydrogen-bond donors (Lipinski definition) is 3. The molecule has 1 aliphatic heterocycles. The van der Waals surface area contributed by atoms with Crippen LogP contribution in [-0.2, 0) is 15.1 Å². The van der Waals surface area contributed by atoms with Gasteiger partial charge >= 0.3 is 0 Å². The fourth-order valence-corrected chi connectivity index (χ4v) is 1.87. The minimum absolute atomic E-state index is 0.0765. The number of amides is 2. The number of carbonyl (C=O) groups excluding carboxylic acids is 2. The molecule has 1 aromatic rings. The molecule has 0 aromatic heterocycles. The molecule has 1 unspecified atom stereocenters. The summed E-state index contributed by atoms with van der Waals surface area (Å²) >= 11 is 0. The molecule has 5 heteroatoms. The van der Waals surface area contributed by atoms with Gasteiger partial charge in [0.15, 0.2) is 0 Å². The highest BCUT2D eigenvalue weighted by molar-refractivity contribution is 5.92. The highest BCUT2D eigenvalue weighted by Crippen LogP contribution is 2.21. The summed E-state index contributed by atoms with van der Waals surface area (Å²) in [5.74, 6) is -0.777. The monoisotopic (exact) mass is 247 g/mol. The van der Waals surface area contributed by atoms with E-state index in [1.807, 2.05) is 18.2 Å². The van der Waals surface area contributed by atoms with Crippen molar-refractivity contribution in [1.29, 1.82) is 0 Å². The van der Waals surface area contributed by atoms with Gasteiger partial charge in [0.2, 0.25) is 11.8 Å². The van der Waals surface area contributed by atoms with Gasteiger partial charge in [-0.05, 0) is 12.5 Å². The number of rotatable bonds is 4. The minimum Gasteiger partial charge on any atom is -0.367 e. The van der Waals surface area contributed by atoms with E-state index in [2.05, 4.69) is 10.6 Å². The Morgan fingerprint density at radius 3 is 2.39 bits per heavy atom. The minimum atomic E-state index is -1.16. The van der Waals surface area contributed by atoms with E-state index in [-0.39, 0.29) is 11.8 Å². The largest absolute Gasteiger partial charge is 0.367 e. The van der Waals surface area contributed by atoms with Crippen LogP contribution >= 0.6 is 0 Å². The highest BCUT2D eigenvalue weighted by Gasteiger charge is 2.37. The van der Waals surface area contributed by atoms with Crippen LogP contribution in [0.25, 0.3) is 0 Å². The Kier molecular flexibility index (Phi) is 3.34. The van der Waals surface area contributed by atoms with E-state index in [0.29, 0.717) is 18.7 Å². The van der Waals surface area contributed by atoms with Crippen molar-refractivity contribution in [1.82, 2.24) is 10.6 Å². The lowest BCUT2D eigenvalue weighted by molar-refractivity contribution is -0.134. The molecular formula is C13H17N3O2. The molecule has 5 nitrogen and oxygen atoms in total. The molecule has 1 atom stereocenters. The Morgan fingerprint density at radius 1 is 1.33 bits per heavy atom. The highest BCUT2D eigenvalue weighted by atomic mass is 16.2. The summed E-state index contributed by atoms with van der Waals surface area (Å²) in [6, 6.07) is 9.04. The first-order chi connectivity index (χ1) is 8.54. The second-order valence-electron chi connectivity index (χ2n) is 4.70. The smallest absolute Gasteiger partial charge is 0.247 e. The molecule has 1 saturated heterocycles. The Hall–Kier alpha value is -1.88. The number of benzene rings is 1. The third-order valence-electron chi connectivity index (χ3n) is 3.37. The third kappa shape index (κ3) is 2.22. The lowest BCUT2D eigenvalue weighted by Crippen LogP contribution is -2.58. The van der Waals surface area contributed by atoms with E-state index in [0.717, 1.165) is 0 Å². The molecule has 0 aliphatic carbocycles. The van der Waals surface area contributed by atoms with Crippen LogP contribution in [0.2, 0.25) is 0 Å². The standard InChI is InChI=1S/C13H17N3O2/c1-13(12(14)18,10-5-3-2-4-6-10)16-11(17)9-7-15-8-9/h2-6,9,15H,7-8H2,1H3,(H2,14,18)(H,16,17). The second-order valence-corrected chi connectivity index (χ2v) is 4.70. The van der Waals surface area contributed by atoms with E-state index in [1.54, 1.807) is 19.1 Å². The Bertz CT molecular complexity index is 457. The van der Waals surface area contributed by atoms with Crippen molar-refractivity contribution >= 4 is 11.8 Å². The van der Waals surface area contributed by atoms with Crippen LogP contribution in [0, 0.1) is 5.92 Å². The SMILES string of the molecule is CC(NC(=O)C1CNC1)(C(N)=O)c1ccccc1. The average Bonchev–Trinajstić information content (AvgIpc) is 2.27. The molecule has 0 saturated carbocycles. The maximum absolute atomic E-state index is 12.0. The molecule has 1 fully saturated rings. The van der Waals surface area contributed by atoms with Crippen molar-refractivity contribution in [3.05, 3.63) is 35.9 Å². The average molecular weight is 247 g/mol. The van der Waals surface area contributed by atoms with E-state index in [1.165, 1.54) is 0 Å². The molecule has 18 heavy (non-hydrogen) atoms. The molecule has 0 bridgehead atoms. The summed E-state index contributed by atoms with van der Waals surface area (Å²) in [7, 11) is 0. The van der Waals surface area contributed by atoms with Gasteiger partial charge in [-0.3, -0.25) is 9.59 Å². The van der Waals surface area contributed by atoms with Gasteiger partial charge in [0.1, 0.15) is 5.54 Å². The summed E-state index contributed by atoms with van der Waals surface area (Å²) in [6.45, 7) is 2.93. The van der Waals surface area contributed by atoms with Gasteiger partial charge in [-0.2, -0.15) is 0 Å². The quantitative estimate of drug-likeness (QED) is 0.684. The summed E-state index contributed by atoms with van der Waals surface area (Å²) < 4.78 is 0. The van der Waals surface area contributed by atoms with Crippen molar-refractivity contribution in [2.75, 3.05) is 13.1 Å². The fourth-order valence-electron chi connectivity index (χ4n) is 1.87. The summed E-state index contributed by atoms with van der Waals surface area (Å²) in [4.78, 5) is 23.6. The first-order valence-electron chi connectivity index (χ1n) is 5.92. The first kappa shape index (κ1) is 12.6. The number of primary amides is 1. The number of hydrogen-bond acceptors (Lipinski definition) is 3. The topological polar surface area (TPSA) is 84.2 Å². The fraction of sp³-hybridized carbons (Fsp3) is 0.385. The molecule has 2 rings (SSSR count). The molecule has 2 amide bonds. The van der Waals surface area contributed by atoms with Gasteiger partial charge in [0.25, 0.3) is 0 Å². The molecule has 1 aromatic carbocycles. The predicted octanol–water partition coefficient (Wildman–Crippen LogP) is -0.277. The lowest BCUT2D eigenvalue weighted by atomic mass is 9.89. The predicted molar refractivity (Wildman–Crippen MR) is 67.5 cm³/mol. The zero-order chi connectivity index (χ0) is 13.2. The molecule has 0 radical (unpaired) electrons. The van der Waals surface area contributed by atoms with Crippen molar-refractivity contribution in [2.24, 2.45) is 11.7 Å². The van der Waals surface area contributed by atoms with Crippen LogP contribution in [0.4, 0.5) is 0 Å². The van der Waals surface area contributed by atoms with Crippen molar-refractivity contribution in [2.45, 2.75) is 12.5 Å². The molecule has 0 spiro atoms. The molecular weight excluding hydrogens is 230 g/mol. The van der Waals surface area contributed by atoms with Crippen LogP contribution in [0.15, 0.2) is 30.3 Å². The Labute approximate surface area is 106 Å². The van der Waals surface area contributed by atoms with Gasteiger partial charge in [0.05, 0.1) is 5.92 Å². The van der Waals surface area contributed by atoms with Gasteiger partial charge < -0.3 is 16.4 Å². The summed E-state index contributed by atoms with van der Waals surface area (Å²) in [5, 5.41) is 5.78. The van der Waals surface area contributed by atoms with Crippen LogP contribution in [-0.4, -0.2) is 24.9 Å². The van der Waals surface area contributed by atoms with E-state index in [4.69, 9.17) is 5.73 Å². The first-order valence-corrected chi connectivity index (χ1v) is 5.92. The molecule has 4 N–H and O–H groups in total. The van der Waals surface area contributed by atoms with E-state index < -0.39 is 11.4 Å². The van der Waals surface area contributed by atoms with E-state index in [9.17, 15) is 9.59 Å². The van der Waals surface area contributed by atoms with Crippen molar-refractivity contribution in [3.8, 4) is 0 Å². The van der Waals surface area contributed by atoms with E-state index >= 15 is 0 Å². The zero-order valence-electron chi connectivity index (χ0n) is 10.3. The van der Waals surface area contributed by atoms with Gasteiger partial charge in [-0.15, -0.1) is 0 Å². The second kappa shape index (κ2) is 4.78. The van der Waals surface area contributed by atoms with Crippen LogP contribution < -0.4 is 16.4 Å². The summed E-state index contributed by atoms with van der Waals surface area (Å²) in [5.41, 5.74) is 4.98. The third-order valence-corrected chi connectivity index (χ3v) is 3.37. The number of carbonyl (C=O) groups is 2.